The molecule has 3 unspecified atom stereocenters. The maximum atomic E-state index is 11.9. The molecule has 5 N–H and O–H groups in total. The number of nitrogens with one attached hydrogen (secondary N) is 1. The molecule has 1 aliphatic rings. The molecule has 23 nitrogen and oxygen atoms in total. The van der Waals surface area contributed by atoms with Gasteiger partial charge in [0.1, 0.15) is 37.0 Å². The number of carbonyl (C=O) groups is 6. The van der Waals surface area contributed by atoms with Crippen molar-refractivity contribution in [1.82, 2.24) is 20.3 Å². The van der Waals surface area contributed by atoms with Crippen LogP contribution in [-0.4, -0.2) is 130 Å². The van der Waals surface area contributed by atoms with Gasteiger partial charge in [0.05, 0.1) is 19.6 Å². The summed E-state index contributed by atoms with van der Waals surface area (Å²) >= 11 is 0. The summed E-state index contributed by atoms with van der Waals surface area (Å²) < 4.78 is 72.6. The number of imide groups is 1. The van der Waals surface area contributed by atoms with E-state index in [1.54, 1.807) is 44.8 Å². The molecule has 1 aliphatic heterocycles. The number of Topliss-reactive ketones (excluding diaryl/α,β-unsaturated/α-hetero) is 2. The van der Waals surface area contributed by atoms with Crippen molar-refractivity contribution >= 4 is 104 Å². The molecule has 0 aromatic carbocycles. The third-order valence-corrected chi connectivity index (χ3v) is 18.3. The number of pyridine rings is 2. The summed E-state index contributed by atoms with van der Waals surface area (Å²) in [5.74, 6) is -1.20. The van der Waals surface area contributed by atoms with E-state index in [9.17, 15) is 50.9 Å². The Morgan fingerprint density at radius 3 is 1.56 bits per heavy atom. The first-order chi connectivity index (χ1) is 37.2. The zero-order valence-corrected chi connectivity index (χ0v) is 53.4. The van der Waals surface area contributed by atoms with E-state index in [2.05, 4.69) is 33.7 Å². The van der Waals surface area contributed by atoms with Crippen molar-refractivity contribution in [1.29, 1.82) is 0 Å². The molecule has 3 atom stereocenters. The van der Waals surface area contributed by atoms with Crippen molar-refractivity contribution in [3.63, 3.8) is 0 Å². The van der Waals surface area contributed by atoms with Crippen LogP contribution in [0.5, 0.6) is 0 Å². The van der Waals surface area contributed by atoms with Crippen molar-refractivity contribution in [2.75, 3.05) is 52.0 Å². The van der Waals surface area contributed by atoms with Crippen molar-refractivity contribution in [2.24, 2.45) is 5.73 Å². The van der Waals surface area contributed by atoms with Gasteiger partial charge >= 0.3 is 51.2 Å². The molecule has 3 rings (SSSR count). The second kappa shape index (κ2) is 47.6. The summed E-state index contributed by atoms with van der Waals surface area (Å²) in [6.45, 7) is 1.77. The average Bonchev–Trinajstić information content (AvgIpc) is 3.74. The van der Waals surface area contributed by atoms with Gasteiger partial charge in [0.2, 0.25) is 5.91 Å². The zero-order chi connectivity index (χ0) is 57.9. The van der Waals surface area contributed by atoms with Crippen molar-refractivity contribution in [3.8, 4) is 0 Å². The number of phosphoric ester groups is 2. The molecule has 444 valence electrons. The standard InChI is InChI=1S/C22H37N2O6PS2.C19H24N2O8S3.C7H18NO4P.Na/c1-29-31(27,28)30-18-11-5-4-9-16-23-21(26)13-7-3-2-6-12-20(25)15-19-32-33-22-14-8-10-17-24-22;22-14(10-12-30-31-16-8-5-6-11-20-16)7-3-1-2-4-9-18(24)29-21-17(23)13-15(19(21)25)32(26,27)28;1-11-13(9,10)12-7-5-3-2-4-6-8;/h8,10,14,17H,2-7,9,11-13,15-16,18-19H2,1H3,(H,23,26)(H,27,28);5-6,8,11,15H,1-4,7,9-10,12-13H2,(H,26,27,28);2-8H2,1H3,(H,9,10);/q;;;+1/p-1. The number of nitrogens with zero attached hydrogens (tertiary/aromatic N) is 3. The fourth-order valence-corrected chi connectivity index (χ4v) is 11.9. The number of phosphoric acid groups is 2. The minimum atomic E-state index is -4.99. The minimum absolute atomic E-state index is 0. The Hall–Kier alpha value is -1.79. The monoisotopic (exact) mass is 1260 g/mol. The number of ketones is 2. The first-order valence-electron chi connectivity index (χ1n) is 25.7. The number of aromatic nitrogens is 2. The van der Waals surface area contributed by atoms with Gasteiger partial charge in [0, 0.05) is 83.2 Å². The molecule has 0 bridgehead atoms. The van der Waals surface area contributed by atoms with Crippen LogP contribution in [0.25, 0.3) is 0 Å². The number of amides is 3. The van der Waals surface area contributed by atoms with Crippen LogP contribution in [0, 0.1) is 0 Å². The molecule has 2 aromatic heterocycles. The van der Waals surface area contributed by atoms with Gasteiger partial charge in [-0.1, -0.05) is 85.1 Å². The fraction of sp³-hybridized carbons (Fsp3) is 0.667. The molecule has 1 fully saturated rings. The third kappa shape index (κ3) is 42.6. The second-order valence-electron chi connectivity index (χ2n) is 17.2. The van der Waals surface area contributed by atoms with E-state index in [0.717, 1.165) is 107 Å². The molecule has 0 aliphatic carbocycles. The number of unbranched alkanes of at least 4 members (excludes halogenated alkanes) is 12. The average molecular weight is 1260 g/mol. The van der Waals surface area contributed by atoms with Crippen LogP contribution in [-0.2, 0) is 70.9 Å². The number of rotatable bonds is 43. The van der Waals surface area contributed by atoms with Crippen LogP contribution in [0.4, 0.5) is 0 Å². The van der Waals surface area contributed by atoms with Crippen LogP contribution in [0.1, 0.15) is 148 Å². The second-order valence-corrected chi connectivity index (χ2v) is 26.7. The van der Waals surface area contributed by atoms with Gasteiger partial charge in [-0.25, -0.2) is 32.3 Å². The van der Waals surface area contributed by atoms with E-state index in [4.69, 9.17) is 20.0 Å². The predicted octanol–water partition coefficient (Wildman–Crippen LogP) is 6.09. The molecule has 0 spiro atoms. The summed E-state index contributed by atoms with van der Waals surface area (Å²) in [4.78, 5) is 102. The molecular weight excluding hydrogens is 1180 g/mol. The molecule has 0 saturated carbocycles. The molecule has 3 amide bonds. The Morgan fingerprint density at radius 2 is 1.13 bits per heavy atom. The van der Waals surface area contributed by atoms with Crippen molar-refractivity contribution < 1.29 is 113 Å². The molecule has 79 heavy (non-hydrogen) atoms. The Morgan fingerprint density at radius 1 is 0.684 bits per heavy atom. The quantitative estimate of drug-likeness (QED) is 0.0146. The Kier molecular flexibility index (Phi) is 46.5. The summed E-state index contributed by atoms with van der Waals surface area (Å²) in [6, 6.07) is 11.5. The first-order valence-corrected chi connectivity index (χ1v) is 34.8. The van der Waals surface area contributed by atoms with E-state index in [1.807, 2.05) is 36.4 Å². The summed E-state index contributed by atoms with van der Waals surface area (Å²) in [5, 5.41) is 2.79. The number of nitrogens with two attached hydrogens (primary N) is 1. The molecule has 31 heteroatoms. The number of hydroxylamine groups is 2. The maximum Gasteiger partial charge on any atom is 1.00 e. The number of carbonyl (C=O) groups excluding carboxylic acids is 6. The van der Waals surface area contributed by atoms with E-state index in [-0.39, 0.29) is 65.9 Å². The minimum Gasteiger partial charge on any atom is -0.747 e. The molecule has 1 saturated heterocycles. The van der Waals surface area contributed by atoms with Crippen LogP contribution >= 0.6 is 58.8 Å². The van der Waals surface area contributed by atoms with E-state index in [1.165, 1.54) is 10.8 Å². The fourth-order valence-electron chi connectivity index (χ4n) is 6.48. The zero-order valence-electron chi connectivity index (χ0n) is 45.5. The van der Waals surface area contributed by atoms with Crippen molar-refractivity contribution in [2.45, 2.75) is 163 Å². The summed E-state index contributed by atoms with van der Waals surface area (Å²) in [7, 11) is -3.96. The number of hydrogen-bond donors (Lipinski definition) is 4. The van der Waals surface area contributed by atoms with Crippen LogP contribution in [0.3, 0.4) is 0 Å². The van der Waals surface area contributed by atoms with Gasteiger partial charge < -0.3 is 30.2 Å². The smallest absolute Gasteiger partial charge is 0.747 e. The largest absolute Gasteiger partial charge is 1.00 e. The normalized spacial score (nSPS) is 14.6. The van der Waals surface area contributed by atoms with Crippen LogP contribution in [0.2, 0.25) is 0 Å². The summed E-state index contributed by atoms with van der Waals surface area (Å²) in [6.07, 6.45) is 18.5. The predicted molar refractivity (Wildman–Crippen MR) is 300 cm³/mol. The van der Waals surface area contributed by atoms with Crippen LogP contribution < -0.4 is 40.6 Å². The van der Waals surface area contributed by atoms with Crippen LogP contribution in [0.15, 0.2) is 58.8 Å². The van der Waals surface area contributed by atoms with Gasteiger partial charge in [-0.05, 0) is 104 Å². The van der Waals surface area contributed by atoms with E-state index >= 15 is 0 Å². The number of hydrogen-bond acceptors (Lipinski definition) is 23. The third-order valence-electron chi connectivity index (χ3n) is 10.8. The van der Waals surface area contributed by atoms with Gasteiger partial charge in [-0.15, -0.1) is 5.06 Å². The Bertz CT molecular complexity index is 2240. The van der Waals surface area contributed by atoms with E-state index < -0.39 is 55.2 Å². The van der Waals surface area contributed by atoms with E-state index in [0.29, 0.717) is 82.4 Å². The SMILES string of the molecule is COP(=O)(O)OCCCCCCN.COP(=O)(O)OCCCCCCNC(=O)CCCCCCC(=O)CCSSc1ccccn1.O=C(CCCCCCC(=O)ON1C(=O)CC(S(=O)(=O)[O-])C1=O)CCSSc1ccccn1.[Na+]. The van der Waals surface area contributed by atoms with Crippen molar-refractivity contribution in [3.05, 3.63) is 48.8 Å². The first kappa shape index (κ1) is 77.2. The topological polar surface area (TPSA) is 347 Å². The Labute approximate surface area is 503 Å². The summed E-state index contributed by atoms with van der Waals surface area (Å²) in [5.41, 5.74) is 5.30. The van der Waals surface area contributed by atoms with Gasteiger partial charge in [-0.2, -0.15) is 0 Å². The van der Waals surface area contributed by atoms with Gasteiger partial charge in [0.25, 0.3) is 11.8 Å². The molecular formula is C48H78N5NaO18P2S5. The van der Waals surface area contributed by atoms with Gasteiger partial charge in [-0.3, -0.25) is 42.1 Å². The molecule has 0 radical (unpaired) electrons. The van der Waals surface area contributed by atoms with Gasteiger partial charge in [0.15, 0.2) is 0 Å². The Balaban J connectivity index is 0.00000125. The molecule has 2 aromatic rings. The maximum absolute atomic E-state index is 11.9. The molecule has 3 heterocycles.